The van der Waals surface area contributed by atoms with Gasteiger partial charge in [0.1, 0.15) is 17.8 Å². The number of aromatic nitrogens is 3. The predicted octanol–water partition coefficient (Wildman–Crippen LogP) is -1.47. The van der Waals surface area contributed by atoms with Crippen molar-refractivity contribution in [1.29, 1.82) is 0 Å². The third kappa shape index (κ3) is 2.13. The van der Waals surface area contributed by atoms with Gasteiger partial charge in [0.15, 0.2) is 6.17 Å². The molecule has 0 spiro atoms. The zero-order valence-corrected chi connectivity index (χ0v) is 9.42. The molecule has 1 fully saturated rings. The van der Waals surface area contributed by atoms with Gasteiger partial charge in [0.2, 0.25) is 5.95 Å². The molecule has 1 aromatic rings. The summed E-state index contributed by atoms with van der Waals surface area (Å²) in [7, 11) is 0. The van der Waals surface area contributed by atoms with Crippen molar-refractivity contribution in [2.24, 2.45) is 0 Å². The molecule has 7 nitrogen and oxygen atoms in total. The lowest BCUT2D eigenvalue weighted by molar-refractivity contribution is 0.0630. The van der Waals surface area contributed by atoms with Gasteiger partial charge in [-0.05, 0) is 0 Å². The standard InChI is InChI=1S/C8H11FN4O3S/c9-4-5(15)3(1-14)17-6(4)13-2-11-7(10)12-8(13)16/h2-6,14-15H,1H2,(H2,10,12,16)/t3-,4-,5-,6+/m1/s1. The molecule has 1 aliphatic rings. The average Bonchev–Trinajstić information content (AvgIpc) is 2.57. The van der Waals surface area contributed by atoms with Gasteiger partial charge in [0, 0.05) is 0 Å². The lowest BCUT2D eigenvalue weighted by atomic mass is 10.1. The minimum absolute atomic E-state index is 0.191. The van der Waals surface area contributed by atoms with E-state index < -0.39 is 28.6 Å². The number of hydrogen-bond donors (Lipinski definition) is 3. The Morgan fingerprint density at radius 2 is 2.35 bits per heavy atom. The molecule has 9 heteroatoms. The number of aliphatic hydroxyl groups is 2. The third-order valence-electron chi connectivity index (χ3n) is 2.49. The molecular weight excluding hydrogens is 251 g/mol. The molecule has 4 atom stereocenters. The molecule has 17 heavy (non-hydrogen) atoms. The van der Waals surface area contributed by atoms with E-state index in [1.165, 1.54) is 0 Å². The maximum atomic E-state index is 13.8. The summed E-state index contributed by atoms with van der Waals surface area (Å²) in [5, 5.41) is 16.8. The normalized spacial score (nSPS) is 32.9. The zero-order valence-electron chi connectivity index (χ0n) is 8.60. The number of nitrogen functional groups attached to an aromatic ring is 1. The van der Waals surface area contributed by atoms with Crippen molar-refractivity contribution in [3.8, 4) is 0 Å². The summed E-state index contributed by atoms with van der Waals surface area (Å²) in [6.07, 6.45) is -1.90. The summed E-state index contributed by atoms with van der Waals surface area (Å²) in [5.74, 6) is -0.191. The van der Waals surface area contributed by atoms with Crippen LogP contribution < -0.4 is 11.4 Å². The van der Waals surface area contributed by atoms with Crippen LogP contribution in [-0.4, -0.2) is 48.9 Å². The number of alkyl halides is 1. The van der Waals surface area contributed by atoms with Crippen molar-refractivity contribution >= 4 is 17.7 Å². The Bertz CT molecular complexity index is 470. The molecule has 2 rings (SSSR count). The predicted molar refractivity (Wildman–Crippen MR) is 59.1 cm³/mol. The van der Waals surface area contributed by atoms with Crippen LogP contribution in [0.2, 0.25) is 0 Å². The van der Waals surface area contributed by atoms with E-state index in [9.17, 15) is 14.3 Å². The van der Waals surface area contributed by atoms with Gasteiger partial charge >= 0.3 is 5.69 Å². The van der Waals surface area contributed by atoms with Gasteiger partial charge in [0.25, 0.3) is 0 Å². The minimum Gasteiger partial charge on any atom is -0.395 e. The van der Waals surface area contributed by atoms with Gasteiger partial charge in [-0.25, -0.2) is 14.2 Å². The molecule has 0 radical (unpaired) electrons. The fourth-order valence-corrected chi connectivity index (χ4v) is 2.95. The van der Waals surface area contributed by atoms with E-state index in [1.807, 2.05) is 0 Å². The summed E-state index contributed by atoms with van der Waals surface area (Å²) >= 11 is 0.967. The molecular formula is C8H11FN4O3S. The molecule has 0 aliphatic carbocycles. The Kier molecular flexibility index (Phi) is 3.31. The van der Waals surface area contributed by atoms with Gasteiger partial charge in [-0.2, -0.15) is 4.98 Å². The third-order valence-corrected chi connectivity index (χ3v) is 4.04. The quantitative estimate of drug-likeness (QED) is 0.596. The van der Waals surface area contributed by atoms with E-state index in [-0.39, 0.29) is 12.6 Å². The molecule has 94 valence electrons. The summed E-state index contributed by atoms with van der Waals surface area (Å²) in [4.78, 5) is 18.5. The van der Waals surface area contributed by atoms with Crippen molar-refractivity contribution in [3.63, 3.8) is 0 Å². The number of aliphatic hydroxyl groups excluding tert-OH is 2. The topological polar surface area (TPSA) is 114 Å². The van der Waals surface area contributed by atoms with Crippen molar-refractivity contribution in [1.82, 2.24) is 14.5 Å². The Morgan fingerprint density at radius 3 is 2.88 bits per heavy atom. The van der Waals surface area contributed by atoms with Gasteiger partial charge in [-0.1, -0.05) is 0 Å². The van der Waals surface area contributed by atoms with E-state index in [2.05, 4.69) is 9.97 Å². The lowest BCUT2D eigenvalue weighted by Crippen LogP contribution is -2.33. The second-order valence-corrected chi connectivity index (χ2v) is 4.95. The van der Waals surface area contributed by atoms with E-state index in [1.54, 1.807) is 0 Å². The van der Waals surface area contributed by atoms with Crippen LogP contribution in [0.1, 0.15) is 5.37 Å². The van der Waals surface area contributed by atoms with Crippen LogP contribution >= 0.6 is 11.8 Å². The molecule has 4 N–H and O–H groups in total. The molecule has 1 aromatic heterocycles. The highest BCUT2D eigenvalue weighted by Crippen LogP contribution is 2.42. The van der Waals surface area contributed by atoms with Crippen LogP contribution in [0.25, 0.3) is 0 Å². The first-order valence-corrected chi connectivity index (χ1v) is 5.78. The second-order valence-electron chi connectivity index (χ2n) is 3.59. The van der Waals surface area contributed by atoms with Gasteiger partial charge in [-0.3, -0.25) is 4.57 Å². The summed E-state index contributed by atoms with van der Waals surface area (Å²) in [6, 6.07) is 0. The first-order valence-electron chi connectivity index (χ1n) is 4.83. The highest BCUT2D eigenvalue weighted by molar-refractivity contribution is 8.00. The van der Waals surface area contributed by atoms with Crippen LogP contribution in [0, 0.1) is 0 Å². The maximum Gasteiger partial charge on any atom is 0.353 e. The number of hydrogen-bond acceptors (Lipinski definition) is 7. The molecule has 0 aromatic carbocycles. The zero-order chi connectivity index (χ0) is 12.6. The highest BCUT2D eigenvalue weighted by atomic mass is 32.2. The van der Waals surface area contributed by atoms with E-state index in [0.29, 0.717) is 0 Å². The fraction of sp³-hybridized carbons (Fsp3) is 0.625. The van der Waals surface area contributed by atoms with Crippen molar-refractivity contribution in [2.75, 3.05) is 12.3 Å². The van der Waals surface area contributed by atoms with Crippen molar-refractivity contribution in [3.05, 3.63) is 16.8 Å². The smallest absolute Gasteiger partial charge is 0.353 e. The molecule has 0 amide bonds. The van der Waals surface area contributed by atoms with E-state index in [0.717, 1.165) is 22.7 Å². The van der Waals surface area contributed by atoms with E-state index >= 15 is 0 Å². The Labute approximate surface area is 99.5 Å². The minimum atomic E-state index is -1.66. The fourth-order valence-electron chi connectivity index (χ4n) is 1.61. The summed E-state index contributed by atoms with van der Waals surface area (Å²) < 4.78 is 14.7. The van der Waals surface area contributed by atoms with E-state index in [4.69, 9.17) is 10.8 Å². The Morgan fingerprint density at radius 1 is 1.65 bits per heavy atom. The number of nitrogens with two attached hydrogens (primary N) is 1. The first kappa shape index (κ1) is 12.3. The molecule has 0 bridgehead atoms. The number of thioether (sulfide) groups is 1. The van der Waals surface area contributed by atoms with Gasteiger partial charge < -0.3 is 15.9 Å². The monoisotopic (exact) mass is 262 g/mol. The van der Waals surface area contributed by atoms with Crippen molar-refractivity contribution < 1.29 is 14.6 Å². The lowest BCUT2D eigenvalue weighted by Gasteiger charge is -2.14. The van der Waals surface area contributed by atoms with Crippen LogP contribution in [0.15, 0.2) is 11.1 Å². The molecule has 1 aliphatic heterocycles. The van der Waals surface area contributed by atoms with Gasteiger partial charge in [-0.15, -0.1) is 11.8 Å². The number of rotatable bonds is 2. The maximum absolute atomic E-state index is 13.8. The number of nitrogens with zero attached hydrogens (tertiary/aromatic N) is 3. The highest BCUT2D eigenvalue weighted by Gasteiger charge is 2.44. The van der Waals surface area contributed by atoms with Crippen molar-refractivity contribution in [2.45, 2.75) is 22.9 Å². The molecule has 0 saturated carbocycles. The molecule has 2 heterocycles. The molecule has 1 saturated heterocycles. The van der Waals surface area contributed by atoms with Crippen LogP contribution in [0.3, 0.4) is 0 Å². The summed E-state index contributed by atoms with van der Waals surface area (Å²) in [5.41, 5.74) is 4.48. The second kappa shape index (κ2) is 4.59. The van der Waals surface area contributed by atoms with Crippen LogP contribution in [-0.2, 0) is 0 Å². The number of halogens is 1. The largest absolute Gasteiger partial charge is 0.395 e. The Balaban J connectivity index is 2.32. The molecule has 0 unspecified atom stereocenters. The average molecular weight is 262 g/mol. The Hall–Kier alpha value is -1.19. The SMILES string of the molecule is Nc1ncn([C@H]2S[C@H](CO)[C@@H](O)[C@H]2F)c(=O)n1. The van der Waals surface area contributed by atoms with Gasteiger partial charge in [0.05, 0.1) is 11.9 Å². The van der Waals surface area contributed by atoms with Crippen LogP contribution in [0.5, 0.6) is 0 Å². The van der Waals surface area contributed by atoms with Crippen LogP contribution in [0.4, 0.5) is 10.3 Å². The summed E-state index contributed by atoms with van der Waals surface area (Å²) in [6.45, 7) is -0.368. The number of anilines is 1. The first-order chi connectivity index (χ1) is 8.04.